The number of hydrogen-bond acceptors (Lipinski definition) is 2. The van der Waals surface area contributed by atoms with Gasteiger partial charge in [-0.15, -0.1) is 0 Å². The number of alkyl halides is 3. The molecule has 4 nitrogen and oxygen atoms in total. The van der Waals surface area contributed by atoms with Crippen molar-refractivity contribution in [3.63, 3.8) is 0 Å². The number of nitrogens with one attached hydrogen (secondary N) is 1. The van der Waals surface area contributed by atoms with Crippen molar-refractivity contribution in [3.8, 4) is 0 Å². The number of urea groups is 1. The number of nitrogens with two attached hydrogens (primary N) is 1. The lowest BCUT2D eigenvalue weighted by molar-refractivity contribution is -0.137. The Morgan fingerprint density at radius 3 is 2.59 bits per heavy atom. The highest BCUT2D eigenvalue weighted by atomic mass is 19.4. The van der Waals surface area contributed by atoms with Crippen molar-refractivity contribution in [1.29, 1.82) is 0 Å². The number of amidine groups is 1. The summed E-state index contributed by atoms with van der Waals surface area (Å²) in [5.41, 5.74) is 4.91. The van der Waals surface area contributed by atoms with Gasteiger partial charge in [0, 0.05) is 0 Å². The van der Waals surface area contributed by atoms with E-state index in [0.29, 0.717) is 0 Å². The minimum Gasteiger partial charge on any atom is -0.385 e. The Morgan fingerprint density at radius 1 is 1.35 bits per heavy atom. The van der Waals surface area contributed by atoms with Crippen LogP contribution >= 0.6 is 0 Å². The van der Waals surface area contributed by atoms with Crippen molar-refractivity contribution < 1.29 is 18.0 Å². The van der Waals surface area contributed by atoms with Crippen molar-refractivity contribution in [3.05, 3.63) is 35.4 Å². The maximum Gasteiger partial charge on any atom is 0.416 e. The van der Waals surface area contributed by atoms with E-state index >= 15 is 0 Å². The normalized spacial score (nSPS) is 20.1. The predicted molar refractivity (Wildman–Crippen MR) is 54.3 cm³/mol. The van der Waals surface area contributed by atoms with Crippen molar-refractivity contribution in [2.75, 3.05) is 0 Å². The molecular weight excluding hydrogens is 235 g/mol. The molecule has 2 amide bonds. The second-order valence-corrected chi connectivity index (χ2v) is 3.54. The molecule has 3 N–H and O–H groups in total. The van der Waals surface area contributed by atoms with E-state index in [9.17, 15) is 18.0 Å². The lowest BCUT2D eigenvalue weighted by Gasteiger charge is -2.13. The molecule has 17 heavy (non-hydrogen) atoms. The number of rotatable bonds is 1. The first kappa shape index (κ1) is 11.4. The molecule has 0 saturated heterocycles. The Bertz CT molecular complexity index is 496. The zero-order chi connectivity index (χ0) is 12.6. The molecule has 0 bridgehead atoms. The molecule has 90 valence electrons. The largest absolute Gasteiger partial charge is 0.416 e. The molecule has 1 aliphatic heterocycles. The van der Waals surface area contributed by atoms with Crippen LogP contribution in [0.5, 0.6) is 0 Å². The van der Waals surface area contributed by atoms with Crippen LogP contribution in [-0.4, -0.2) is 11.9 Å². The number of halogens is 3. The average Bonchev–Trinajstić information content (AvgIpc) is 2.57. The smallest absolute Gasteiger partial charge is 0.385 e. The van der Waals surface area contributed by atoms with Gasteiger partial charge < -0.3 is 11.1 Å². The number of aliphatic imine (C=N–C) groups is 1. The van der Waals surface area contributed by atoms with E-state index in [4.69, 9.17) is 5.73 Å². The quantitative estimate of drug-likeness (QED) is 0.790. The van der Waals surface area contributed by atoms with Gasteiger partial charge in [-0.05, 0) is 17.7 Å². The number of carbonyl (C=O) groups is 1. The van der Waals surface area contributed by atoms with Gasteiger partial charge in [-0.1, -0.05) is 12.1 Å². The molecule has 1 unspecified atom stereocenters. The van der Waals surface area contributed by atoms with Crippen molar-refractivity contribution in [1.82, 2.24) is 5.32 Å². The van der Waals surface area contributed by atoms with Crippen molar-refractivity contribution >= 4 is 11.9 Å². The fraction of sp³-hybridized carbons (Fsp3) is 0.200. The SMILES string of the molecule is NC1=NC(=O)NC1c1cccc(C(F)(F)F)c1. The van der Waals surface area contributed by atoms with E-state index in [1.54, 1.807) is 0 Å². The summed E-state index contributed by atoms with van der Waals surface area (Å²) in [6, 6.07) is 3.17. The van der Waals surface area contributed by atoms with E-state index in [0.717, 1.165) is 12.1 Å². The number of carbonyl (C=O) groups excluding carboxylic acids is 1. The molecule has 1 aromatic carbocycles. The molecule has 1 atom stereocenters. The minimum absolute atomic E-state index is 0.0330. The Balaban J connectivity index is 2.35. The van der Waals surface area contributed by atoms with Gasteiger partial charge in [-0.3, -0.25) is 0 Å². The summed E-state index contributed by atoms with van der Waals surface area (Å²) in [4.78, 5) is 14.3. The van der Waals surface area contributed by atoms with Gasteiger partial charge in [0.05, 0.1) is 5.56 Å². The van der Waals surface area contributed by atoms with Gasteiger partial charge in [0.1, 0.15) is 11.9 Å². The zero-order valence-corrected chi connectivity index (χ0v) is 8.45. The maximum absolute atomic E-state index is 12.5. The van der Waals surface area contributed by atoms with Crippen LogP contribution in [0.3, 0.4) is 0 Å². The van der Waals surface area contributed by atoms with Gasteiger partial charge in [0.2, 0.25) is 0 Å². The van der Waals surface area contributed by atoms with Crippen LogP contribution in [0.2, 0.25) is 0 Å². The van der Waals surface area contributed by atoms with Crippen LogP contribution < -0.4 is 11.1 Å². The Hall–Kier alpha value is -2.05. The lowest BCUT2D eigenvalue weighted by atomic mass is 10.0. The minimum atomic E-state index is -4.43. The third-order valence-electron chi connectivity index (χ3n) is 2.34. The Labute approximate surface area is 94.3 Å². The molecule has 0 aromatic heterocycles. The first-order chi connectivity index (χ1) is 7.88. The average molecular weight is 243 g/mol. The van der Waals surface area contributed by atoms with Crippen LogP contribution in [0.1, 0.15) is 17.2 Å². The van der Waals surface area contributed by atoms with Crippen LogP contribution in [-0.2, 0) is 6.18 Å². The van der Waals surface area contributed by atoms with Crippen LogP contribution in [0.15, 0.2) is 29.3 Å². The molecule has 0 saturated carbocycles. The van der Waals surface area contributed by atoms with Gasteiger partial charge in [0.25, 0.3) is 0 Å². The maximum atomic E-state index is 12.5. The van der Waals surface area contributed by atoms with E-state index in [1.807, 2.05) is 0 Å². The predicted octanol–water partition coefficient (Wildman–Crippen LogP) is 1.83. The molecule has 1 aromatic rings. The molecule has 0 radical (unpaired) electrons. The number of amides is 2. The second kappa shape index (κ2) is 3.76. The molecule has 7 heteroatoms. The highest BCUT2D eigenvalue weighted by Crippen LogP contribution is 2.31. The first-order valence-corrected chi connectivity index (χ1v) is 4.69. The van der Waals surface area contributed by atoms with E-state index in [-0.39, 0.29) is 11.4 Å². The van der Waals surface area contributed by atoms with Gasteiger partial charge >= 0.3 is 12.2 Å². The zero-order valence-electron chi connectivity index (χ0n) is 8.45. The van der Waals surface area contributed by atoms with Crippen LogP contribution in [0.4, 0.5) is 18.0 Å². The molecule has 1 aliphatic rings. The highest BCUT2D eigenvalue weighted by molar-refractivity contribution is 6.03. The topological polar surface area (TPSA) is 67.5 Å². The molecular formula is C10H8F3N3O. The van der Waals surface area contributed by atoms with Crippen molar-refractivity contribution in [2.24, 2.45) is 10.7 Å². The summed E-state index contributed by atoms with van der Waals surface area (Å²) in [7, 11) is 0. The highest BCUT2D eigenvalue weighted by Gasteiger charge is 2.32. The van der Waals surface area contributed by atoms with Crippen molar-refractivity contribution in [2.45, 2.75) is 12.2 Å². The Kier molecular flexibility index (Phi) is 2.53. The molecule has 1 heterocycles. The summed E-state index contributed by atoms with van der Waals surface area (Å²) in [6.07, 6.45) is -4.43. The Morgan fingerprint density at radius 2 is 2.06 bits per heavy atom. The fourth-order valence-electron chi connectivity index (χ4n) is 1.56. The molecule has 2 rings (SSSR count). The van der Waals surface area contributed by atoms with Gasteiger partial charge in [-0.25, -0.2) is 4.79 Å². The summed E-state index contributed by atoms with van der Waals surface area (Å²) < 4.78 is 37.4. The number of nitrogens with zero attached hydrogens (tertiary/aromatic N) is 1. The summed E-state index contributed by atoms with van der Waals surface area (Å²) in [5, 5.41) is 2.36. The second-order valence-electron chi connectivity index (χ2n) is 3.54. The molecule has 0 fully saturated rings. The van der Waals surface area contributed by atoms with E-state index in [2.05, 4.69) is 10.3 Å². The third-order valence-corrected chi connectivity index (χ3v) is 2.34. The van der Waals surface area contributed by atoms with E-state index in [1.165, 1.54) is 12.1 Å². The standard InChI is InChI=1S/C10H8F3N3O/c11-10(12,13)6-3-1-2-5(4-6)7-8(14)16-9(17)15-7/h1-4,7H,(H3,14,15,16,17). The van der Waals surface area contributed by atoms with Crippen LogP contribution in [0.25, 0.3) is 0 Å². The van der Waals surface area contributed by atoms with Gasteiger partial charge in [-0.2, -0.15) is 18.2 Å². The molecule has 0 spiro atoms. The summed E-state index contributed by atoms with van der Waals surface area (Å²) in [6.45, 7) is 0. The third kappa shape index (κ3) is 2.22. The van der Waals surface area contributed by atoms with Gasteiger partial charge in [0.15, 0.2) is 0 Å². The number of benzene rings is 1. The fourth-order valence-corrected chi connectivity index (χ4v) is 1.56. The van der Waals surface area contributed by atoms with E-state index < -0.39 is 23.8 Å². The lowest BCUT2D eigenvalue weighted by Crippen LogP contribution is -2.28. The van der Waals surface area contributed by atoms with Crippen LogP contribution in [0, 0.1) is 0 Å². The number of hydrogen-bond donors (Lipinski definition) is 2. The molecule has 0 aliphatic carbocycles. The summed E-state index contributed by atoms with van der Waals surface area (Å²) >= 11 is 0. The monoisotopic (exact) mass is 243 g/mol. The summed E-state index contributed by atoms with van der Waals surface area (Å²) in [5.74, 6) is -0.0330. The first-order valence-electron chi connectivity index (χ1n) is 4.69.